The minimum Gasteiger partial charge on any atom is -0.457 e. The Morgan fingerprint density at radius 3 is 2.47 bits per heavy atom. The Morgan fingerprint density at radius 2 is 1.76 bits per heavy atom. The minimum absolute atomic E-state index is 0.237. The molecular formula is C13H9ClF2O. The van der Waals surface area contributed by atoms with E-state index in [1.807, 2.05) is 12.1 Å². The SMILES string of the molecule is Fc1ccc(Oc2ccccc2CCl)cc1F. The Labute approximate surface area is 103 Å². The van der Waals surface area contributed by atoms with Crippen LogP contribution in [-0.4, -0.2) is 0 Å². The van der Waals surface area contributed by atoms with Crippen LogP contribution in [0.5, 0.6) is 11.5 Å². The molecule has 2 rings (SSSR count). The molecule has 0 aliphatic heterocycles. The zero-order valence-electron chi connectivity index (χ0n) is 8.79. The molecule has 1 nitrogen and oxygen atoms in total. The van der Waals surface area contributed by atoms with E-state index in [9.17, 15) is 8.78 Å². The number of ether oxygens (including phenoxy) is 1. The van der Waals surface area contributed by atoms with Crippen molar-refractivity contribution in [3.8, 4) is 11.5 Å². The molecular weight excluding hydrogens is 246 g/mol. The monoisotopic (exact) mass is 254 g/mol. The van der Waals surface area contributed by atoms with E-state index in [2.05, 4.69) is 0 Å². The molecule has 0 atom stereocenters. The third-order valence-corrected chi connectivity index (χ3v) is 2.52. The molecule has 0 aliphatic rings. The van der Waals surface area contributed by atoms with E-state index < -0.39 is 11.6 Å². The van der Waals surface area contributed by atoms with Gasteiger partial charge in [-0.15, -0.1) is 11.6 Å². The molecule has 0 aromatic heterocycles. The highest BCUT2D eigenvalue weighted by Gasteiger charge is 2.06. The Hall–Kier alpha value is -1.61. The molecule has 0 fully saturated rings. The van der Waals surface area contributed by atoms with Crippen molar-refractivity contribution in [1.82, 2.24) is 0 Å². The van der Waals surface area contributed by atoms with Gasteiger partial charge in [0, 0.05) is 11.6 Å². The quantitative estimate of drug-likeness (QED) is 0.733. The Balaban J connectivity index is 2.28. The molecule has 0 unspecified atom stereocenters. The van der Waals surface area contributed by atoms with Crippen molar-refractivity contribution >= 4 is 11.6 Å². The zero-order chi connectivity index (χ0) is 12.3. The van der Waals surface area contributed by atoms with Gasteiger partial charge in [0.25, 0.3) is 0 Å². The molecule has 88 valence electrons. The Bertz CT molecular complexity index is 529. The van der Waals surface area contributed by atoms with Crippen molar-refractivity contribution in [1.29, 1.82) is 0 Å². The fourth-order valence-electron chi connectivity index (χ4n) is 1.38. The van der Waals surface area contributed by atoms with Gasteiger partial charge < -0.3 is 4.74 Å². The fourth-order valence-corrected chi connectivity index (χ4v) is 1.60. The molecule has 0 N–H and O–H groups in total. The number of hydrogen-bond acceptors (Lipinski definition) is 1. The molecule has 17 heavy (non-hydrogen) atoms. The van der Waals surface area contributed by atoms with Crippen LogP contribution in [0.4, 0.5) is 8.78 Å². The standard InChI is InChI=1S/C13H9ClF2O/c14-8-9-3-1-2-4-13(9)17-10-5-6-11(15)12(16)7-10/h1-7H,8H2. The van der Waals surface area contributed by atoms with Crippen LogP contribution >= 0.6 is 11.6 Å². The van der Waals surface area contributed by atoms with E-state index in [0.717, 1.165) is 17.7 Å². The van der Waals surface area contributed by atoms with E-state index in [1.165, 1.54) is 6.07 Å². The molecule has 0 saturated carbocycles. The lowest BCUT2D eigenvalue weighted by molar-refractivity contribution is 0.459. The van der Waals surface area contributed by atoms with Crippen LogP contribution in [0.25, 0.3) is 0 Å². The number of hydrogen-bond donors (Lipinski definition) is 0. The van der Waals surface area contributed by atoms with Gasteiger partial charge >= 0.3 is 0 Å². The van der Waals surface area contributed by atoms with Gasteiger partial charge in [-0.1, -0.05) is 18.2 Å². The second-order valence-corrected chi connectivity index (χ2v) is 3.69. The Morgan fingerprint density at radius 1 is 1.00 bits per heavy atom. The molecule has 4 heteroatoms. The van der Waals surface area contributed by atoms with Gasteiger partial charge in [-0.05, 0) is 18.2 Å². The number of halogens is 3. The largest absolute Gasteiger partial charge is 0.457 e. The van der Waals surface area contributed by atoms with Crippen molar-refractivity contribution in [3.05, 3.63) is 59.7 Å². The average molecular weight is 255 g/mol. The van der Waals surface area contributed by atoms with Crippen LogP contribution in [0.1, 0.15) is 5.56 Å². The molecule has 0 saturated heterocycles. The predicted molar refractivity (Wildman–Crippen MR) is 62.4 cm³/mol. The smallest absolute Gasteiger partial charge is 0.162 e. The average Bonchev–Trinajstić information content (AvgIpc) is 2.34. The maximum atomic E-state index is 13.0. The van der Waals surface area contributed by atoms with Crippen molar-refractivity contribution in [2.45, 2.75) is 5.88 Å². The highest BCUT2D eigenvalue weighted by atomic mass is 35.5. The highest BCUT2D eigenvalue weighted by molar-refractivity contribution is 6.17. The molecule has 2 aromatic rings. The second-order valence-electron chi connectivity index (χ2n) is 3.42. The first kappa shape index (κ1) is 11.9. The topological polar surface area (TPSA) is 9.23 Å². The van der Waals surface area contributed by atoms with Crippen LogP contribution < -0.4 is 4.74 Å². The summed E-state index contributed by atoms with van der Waals surface area (Å²) >= 11 is 5.74. The first-order valence-corrected chi connectivity index (χ1v) is 5.51. The number of para-hydroxylation sites is 1. The number of rotatable bonds is 3. The number of alkyl halides is 1. The van der Waals surface area contributed by atoms with Gasteiger partial charge in [0.1, 0.15) is 11.5 Å². The molecule has 0 radical (unpaired) electrons. The molecule has 0 aliphatic carbocycles. The number of benzene rings is 2. The maximum Gasteiger partial charge on any atom is 0.162 e. The Kier molecular flexibility index (Phi) is 3.59. The van der Waals surface area contributed by atoms with Crippen molar-refractivity contribution in [2.24, 2.45) is 0 Å². The molecule has 0 bridgehead atoms. The van der Waals surface area contributed by atoms with Gasteiger partial charge in [-0.2, -0.15) is 0 Å². The summed E-state index contributed by atoms with van der Waals surface area (Å²) in [5, 5.41) is 0. The summed E-state index contributed by atoms with van der Waals surface area (Å²) < 4.78 is 31.2. The van der Waals surface area contributed by atoms with Gasteiger partial charge in [0.2, 0.25) is 0 Å². The van der Waals surface area contributed by atoms with Gasteiger partial charge in [0.05, 0.1) is 5.88 Å². The van der Waals surface area contributed by atoms with E-state index in [-0.39, 0.29) is 5.75 Å². The van der Waals surface area contributed by atoms with Crippen molar-refractivity contribution < 1.29 is 13.5 Å². The fraction of sp³-hybridized carbons (Fsp3) is 0.0769. The molecule has 0 spiro atoms. The maximum absolute atomic E-state index is 13.0. The van der Waals surface area contributed by atoms with E-state index in [1.54, 1.807) is 12.1 Å². The minimum atomic E-state index is -0.939. The second kappa shape index (κ2) is 5.15. The zero-order valence-corrected chi connectivity index (χ0v) is 9.55. The van der Waals surface area contributed by atoms with Crippen molar-refractivity contribution in [3.63, 3.8) is 0 Å². The third kappa shape index (κ3) is 2.74. The summed E-state index contributed by atoms with van der Waals surface area (Å²) in [4.78, 5) is 0. The summed E-state index contributed by atoms with van der Waals surface area (Å²) in [6.45, 7) is 0. The summed E-state index contributed by atoms with van der Waals surface area (Å²) in [7, 11) is 0. The first-order valence-electron chi connectivity index (χ1n) is 4.97. The summed E-state index contributed by atoms with van der Waals surface area (Å²) in [6.07, 6.45) is 0. The van der Waals surface area contributed by atoms with E-state index >= 15 is 0 Å². The van der Waals surface area contributed by atoms with Gasteiger partial charge in [0.15, 0.2) is 11.6 Å². The van der Waals surface area contributed by atoms with Crippen molar-refractivity contribution in [2.75, 3.05) is 0 Å². The lowest BCUT2D eigenvalue weighted by atomic mass is 10.2. The predicted octanol–water partition coefficient (Wildman–Crippen LogP) is 4.50. The van der Waals surface area contributed by atoms with Crippen LogP contribution in [0, 0.1) is 11.6 Å². The third-order valence-electron chi connectivity index (χ3n) is 2.24. The highest BCUT2D eigenvalue weighted by Crippen LogP contribution is 2.27. The normalized spacial score (nSPS) is 10.3. The van der Waals surface area contributed by atoms with E-state index in [0.29, 0.717) is 11.6 Å². The molecule has 0 amide bonds. The van der Waals surface area contributed by atoms with Gasteiger partial charge in [-0.25, -0.2) is 8.78 Å². The summed E-state index contributed by atoms with van der Waals surface area (Å²) in [5.41, 5.74) is 0.791. The van der Waals surface area contributed by atoms with E-state index in [4.69, 9.17) is 16.3 Å². The van der Waals surface area contributed by atoms with Crippen LogP contribution in [-0.2, 0) is 5.88 Å². The lowest BCUT2D eigenvalue weighted by Gasteiger charge is -2.09. The van der Waals surface area contributed by atoms with Crippen LogP contribution in [0.3, 0.4) is 0 Å². The van der Waals surface area contributed by atoms with Crippen LogP contribution in [0.2, 0.25) is 0 Å². The summed E-state index contributed by atoms with van der Waals surface area (Å²) in [6, 6.07) is 10.5. The summed E-state index contributed by atoms with van der Waals surface area (Å²) in [5.74, 6) is -0.774. The lowest BCUT2D eigenvalue weighted by Crippen LogP contribution is -1.91. The molecule has 0 heterocycles. The van der Waals surface area contributed by atoms with Crippen LogP contribution in [0.15, 0.2) is 42.5 Å². The van der Waals surface area contributed by atoms with Gasteiger partial charge in [-0.3, -0.25) is 0 Å². The first-order chi connectivity index (χ1) is 8.20. The molecule has 2 aromatic carbocycles.